The van der Waals surface area contributed by atoms with Gasteiger partial charge in [0.2, 0.25) is 0 Å². The normalized spacial score (nSPS) is 16.6. The number of benzene rings is 1. The van der Waals surface area contributed by atoms with Crippen LogP contribution in [0.25, 0.3) is 5.69 Å². The molecule has 110 valence electrons. The molecular weight excluding hydrogens is 268 g/mol. The van der Waals surface area contributed by atoms with Gasteiger partial charge in [0.05, 0.1) is 24.4 Å². The van der Waals surface area contributed by atoms with Gasteiger partial charge in [0, 0.05) is 11.9 Å². The van der Waals surface area contributed by atoms with Crippen LogP contribution in [0.15, 0.2) is 36.5 Å². The van der Waals surface area contributed by atoms with E-state index in [-0.39, 0.29) is 5.91 Å². The van der Waals surface area contributed by atoms with Gasteiger partial charge in [0.15, 0.2) is 5.69 Å². The predicted molar refractivity (Wildman–Crippen MR) is 79.1 cm³/mol. The van der Waals surface area contributed by atoms with Crippen LogP contribution < -0.4 is 5.73 Å². The van der Waals surface area contributed by atoms with Crippen molar-refractivity contribution in [3.63, 3.8) is 0 Å². The zero-order valence-electron chi connectivity index (χ0n) is 11.9. The number of carbonyl (C=O) groups excluding carboxylic acids is 1. The first-order chi connectivity index (χ1) is 10.0. The van der Waals surface area contributed by atoms with Crippen molar-refractivity contribution in [3.8, 4) is 5.69 Å². The molecule has 1 aliphatic heterocycles. The summed E-state index contributed by atoms with van der Waals surface area (Å²) in [6, 6.07) is 8.97. The van der Waals surface area contributed by atoms with Crippen LogP contribution in [0.3, 0.4) is 0 Å². The Morgan fingerprint density at radius 3 is 2.86 bits per heavy atom. The summed E-state index contributed by atoms with van der Waals surface area (Å²) in [5.41, 5.74) is 6.84. The Balaban J connectivity index is 1.75. The first kappa shape index (κ1) is 13.6. The lowest BCUT2D eigenvalue weighted by Crippen LogP contribution is -2.63. The number of carbonyl (C=O) groups is 1. The van der Waals surface area contributed by atoms with E-state index in [0.29, 0.717) is 30.9 Å². The first-order valence-electron chi connectivity index (χ1n) is 6.94. The van der Waals surface area contributed by atoms with E-state index in [9.17, 15) is 9.90 Å². The molecule has 1 aliphatic rings. The van der Waals surface area contributed by atoms with Gasteiger partial charge in [-0.2, -0.15) is 5.10 Å². The van der Waals surface area contributed by atoms with Gasteiger partial charge < -0.3 is 15.7 Å². The monoisotopic (exact) mass is 286 g/mol. The fourth-order valence-corrected chi connectivity index (χ4v) is 2.44. The van der Waals surface area contributed by atoms with Crippen molar-refractivity contribution in [3.05, 3.63) is 42.2 Å². The SMILES string of the molecule is CCC1(O)CN(C(=O)c2ccn(-c3cccc(N)c3)n2)C1. The maximum Gasteiger partial charge on any atom is 0.274 e. The van der Waals surface area contributed by atoms with Crippen LogP contribution in [-0.4, -0.2) is 44.4 Å². The predicted octanol–water partition coefficient (Wildman–Crippen LogP) is 1.05. The van der Waals surface area contributed by atoms with Crippen LogP contribution in [0.2, 0.25) is 0 Å². The molecule has 2 heterocycles. The molecule has 0 atom stereocenters. The number of anilines is 1. The van der Waals surface area contributed by atoms with E-state index in [2.05, 4.69) is 5.10 Å². The number of nitrogens with zero attached hydrogens (tertiary/aromatic N) is 3. The van der Waals surface area contributed by atoms with Gasteiger partial charge in [0.25, 0.3) is 5.91 Å². The van der Waals surface area contributed by atoms with Gasteiger partial charge >= 0.3 is 0 Å². The fraction of sp³-hybridized carbons (Fsp3) is 0.333. The van der Waals surface area contributed by atoms with Crippen molar-refractivity contribution in [2.24, 2.45) is 0 Å². The third-order valence-corrected chi connectivity index (χ3v) is 3.86. The summed E-state index contributed by atoms with van der Waals surface area (Å²) >= 11 is 0. The van der Waals surface area contributed by atoms with Gasteiger partial charge in [-0.25, -0.2) is 4.68 Å². The lowest BCUT2D eigenvalue weighted by Gasteiger charge is -2.45. The Labute approximate surface area is 122 Å². The molecule has 1 fully saturated rings. The van der Waals surface area contributed by atoms with E-state index in [0.717, 1.165) is 5.69 Å². The number of likely N-dealkylation sites (tertiary alicyclic amines) is 1. The average Bonchev–Trinajstić information content (AvgIpc) is 2.93. The highest BCUT2D eigenvalue weighted by atomic mass is 16.3. The van der Waals surface area contributed by atoms with E-state index in [4.69, 9.17) is 5.73 Å². The van der Waals surface area contributed by atoms with Crippen LogP contribution >= 0.6 is 0 Å². The van der Waals surface area contributed by atoms with Crippen molar-refractivity contribution in [2.45, 2.75) is 18.9 Å². The molecule has 1 aromatic carbocycles. The molecule has 0 saturated carbocycles. The summed E-state index contributed by atoms with van der Waals surface area (Å²) < 4.78 is 1.62. The maximum absolute atomic E-state index is 12.3. The standard InChI is InChI=1S/C15H18N4O2/c1-2-15(21)9-18(10-15)14(20)13-6-7-19(17-13)12-5-3-4-11(16)8-12/h3-8,21H,2,9-10,16H2,1H3. The summed E-state index contributed by atoms with van der Waals surface area (Å²) in [5.74, 6) is -0.157. The van der Waals surface area contributed by atoms with Crippen molar-refractivity contribution in [1.82, 2.24) is 14.7 Å². The maximum atomic E-state index is 12.3. The molecular formula is C15H18N4O2. The minimum Gasteiger partial charge on any atom is -0.399 e. The van der Waals surface area contributed by atoms with Crippen LogP contribution in [0, 0.1) is 0 Å². The van der Waals surface area contributed by atoms with Crippen LogP contribution in [0.4, 0.5) is 5.69 Å². The van der Waals surface area contributed by atoms with Gasteiger partial charge in [-0.15, -0.1) is 0 Å². The zero-order valence-corrected chi connectivity index (χ0v) is 11.9. The number of hydrogen-bond acceptors (Lipinski definition) is 4. The molecule has 1 aromatic heterocycles. The van der Waals surface area contributed by atoms with Crippen LogP contribution in [-0.2, 0) is 0 Å². The molecule has 3 N–H and O–H groups in total. The Kier molecular flexibility index (Phi) is 3.17. The van der Waals surface area contributed by atoms with Gasteiger partial charge in [-0.3, -0.25) is 4.79 Å². The fourth-order valence-electron chi connectivity index (χ4n) is 2.44. The molecule has 0 unspecified atom stereocenters. The Hall–Kier alpha value is -2.34. The molecule has 6 heteroatoms. The summed E-state index contributed by atoms with van der Waals surface area (Å²) in [5, 5.41) is 14.3. The van der Waals surface area contributed by atoms with Crippen molar-refractivity contribution in [1.29, 1.82) is 0 Å². The van der Waals surface area contributed by atoms with Gasteiger partial charge in [-0.1, -0.05) is 13.0 Å². The molecule has 0 radical (unpaired) electrons. The van der Waals surface area contributed by atoms with Gasteiger partial charge in [-0.05, 0) is 30.7 Å². The second-order valence-corrected chi connectivity index (χ2v) is 5.48. The minimum absolute atomic E-state index is 0.157. The number of aliphatic hydroxyl groups is 1. The second-order valence-electron chi connectivity index (χ2n) is 5.48. The summed E-state index contributed by atoms with van der Waals surface area (Å²) in [4.78, 5) is 13.9. The summed E-state index contributed by atoms with van der Waals surface area (Å²) in [7, 11) is 0. The van der Waals surface area contributed by atoms with Crippen molar-refractivity contribution >= 4 is 11.6 Å². The summed E-state index contributed by atoms with van der Waals surface area (Å²) in [6.45, 7) is 2.65. The molecule has 0 bridgehead atoms. The first-order valence-corrected chi connectivity index (χ1v) is 6.94. The smallest absolute Gasteiger partial charge is 0.274 e. The van der Waals surface area contributed by atoms with E-state index >= 15 is 0 Å². The number of rotatable bonds is 3. The number of nitrogen functional groups attached to an aromatic ring is 1. The third-order valence-electron chi connectivity index (χ3n) is 3.86. The van der Waals surface area contributed by atoms with Gasteiger partial charge in [0.1, 0.15) is 0 Å². The summed E-state index contributed by atoms with van der Waals surface area (Å²) in [6.07, 6.45) is 2.38. The minimum atomic E-state index is -0.730. The Morgan fingerprint density at radius 2 is 2.19 bits per heavy atom. The highest BCUT2D eigenvalue weighted by Gasteiger charge is 2.42. The van der Waals surface area contributed by atoms with Crippen LogP contribution in [0.1, 0.15) is 23.8 Å². The number of nitrogens with two attached hydrogens (primary N) is 1. The average molecular weight is 286 g/mol. The van der Waals surface area contributed by atoms with Crippen LogP contribution in [0.5, 0.6) is 0 Å². The molecule has 0 aliphatic carbocycles. The number of amides is 1. The van der Waals surface area contributed by atoms with E-state index in [1.54, 1.807) is 34.0 Å². The molecule has 0 spiro atoms. The highest BCUT2D eigenvalue weighted by Crippen LogP contribution is 2.25. The molecule has 21 heavy (non-hydrogen) atoms. The van der Waals surface area contributed by atoms with E-state index < -0.39 is 5.60 Å². The quantitative estimate of drug-likeness (QED) is 0.826. The molecule has 3 rings (SSSR count). The zero-order chi connectivity index (χ0) is 15.0. The lowest BCUT2D eigenvalue weighted by molar-refractivity contribution is -0.0828. The molecule has 2 aromatic rings. The lowest BCUT2D eigenvalue weighted by atomic mass is 9.91. The topological polar surface area (TPSA) is 84.4 Å². The largest absolute Gasteiger partial charge is 0.399 e. The van der Waals surface area contributed by atoms with E-state index in [1.807, 2.05) is 19.1 Å². The molecule has 1 saturated heterocycles. The Morgan fingerprint density at radius 1 is 1.43 bits per heavy atom. The third kappa shape index (κ3) is 2.50. The molecule has 1 amide bonds. The molecule has 6 nitrogen and oxygen atoms in total. The van der Waals surface area contributed by atoms with Crippen molar-refractivity contribution < 1.29 is 9.90 Å². The van der Waals surface area contributed by atoms with Crippen molar-refractivity contribution in [2.75, 3.05) is 18.8 Å². The number of hydrogen-bond donors (Lipinski definition) is 2. The second kappa shape index (κ2) is 4.89. The Bertz CT molecular complexity index is 674. The number of aromatic nitrogens is 2. The van der Waals surface area contributed by atoms with E-state index in [1.165, 1.54) is 0 Å². The highest BCUT2D eigenvalue weighted by molar-refractivity contribution is 5.93. The number of β-amino-alcohol motifs (C(OH)–C–C–N with tert-alkyl or cyclic N) is 1.